The number of hydrogen-bond acceptors (Lipinski definition) is 4. The maximum atomic E-state index is 12.5. The van der Waals surface area contributed by atoms with Gasteiger partial charge in [-0.15, -0.1) is 0 Å². The van der Waals surface area contributed by atoms with Crippen molar-refractivity contribution in [3.63, 3.8) is 0 Å². The molecule has 4 N–H and O–H groups in total. The third-order valence-electron chi connectivity index (χ3n) is 3.90. The zero-order valence-electron chi connectivity index (χ0n) is 15.4. The minimum absolute atomic E-state index is 0.209. The molecule has 0 radical (unpaired) electrons. The summed E-state index contributed by atoms with van der Waals surface area (Å²) in [4.78, 5) is 16.8. The van der Waals surface area contributed by atoms with Gasteiger partial charge in [0.05, 0.1) is 17.4 Å². The highest BCUT2D eigenvalue weighted by atomic mass is 35.5. The highest BCUT2D eigenvalue weighted by Crippen LogP contribution is 2.15. The quantitative estimate of drug-likeness (QED) is 0.724. The summed E-state index contributed by atoms with van der Waals surface area (Å²) in [5, 5.41) is 14.1. The zero-order chi connectivity index (χ0) is 19.3. The first-order chi connectivity index (χ1) is 12.2. The minimum atomic E-state index is -0.818. The summed E-state index contributed by atoms with van der Waals surface area (Å²) < 4.78 is 0. The third-order valence-corrected chi connectivity index (χ3v) is 4.16. The van der Waals surface area contributed by atoms with Crippen molar-refractivity contribution in [1.29, 1.82) is 0 Å². The van der Waals surface area contributed by atoms with Gasteiger partial charge in [0, 0.05) is 29.2 Å². The van der Waals surface area contributed by atoms with Gasteiger partial charge < -0.3 is 16.2 Å². The molecule has 0 bridgehead atoms. The van der Waals surface area contributed by atoms with E-state index in [0.29, 0.717) is 22.7 Å². The fourth-order valence-electron chi connectivity index (χ4n) is 2.59. The molecule has 0 aliphatic heterocycles. The number of halogens is 1. The van der Waals surface area contributed by atoms with Crippen LogP contribution in [0.5, 0.6) is 0 Å². The van der Waals surface area contributed by atoms with E-state index in [4.69, 9.17) is 17.3 Å². The largest absolute Gasteiger partial charge is 0.391 e. The first kappa shape index (κ1) is 20.4. The summed E-state index contributed by atoms with van der Waals surface area (Å²) in [5.74, 6) is -0.209. The molecule has 1 aromatic carbocycles. The standard InChI is InChI=1S/C20H26ClN3O2/c1-20(2,3)24-19(26)15-5-4-10-23-17(15)12-18(25)16(22)11-13-6-8-14(21)9-7-13/h4-10,16,18,25H,11-12,22H2,1-3H3,(H,24,26). The van der Waals surface area contributed by atoms with Crippen molar-refractivity contribution in [3.05, 3.63) is 64.4 Å². The van der Waals surface area contributed by atoms with Crippen LogP contribution in [0.1, 0.15) is 42.4 Å². The highest BCUT2D eigenvalue weighted by molar-refractivity contribution is 6.30. The van der Waals surface area contributed by atoms with Crippen LogP contribution in [0.3, 0.4) is 0 Å². The number of carbonyl (C=O) groups is 1. The molecule has 140 valence electrons. The van der Waals surface area contributed by atoms with Gasteiger partial charge in [-0.25, -0.2) is 0 Å². The molecule has 26 heavy (non-hydrogen) atoms. The number of amides is 1. The molecule has 5 nitrogen and oxygen atoms in total. The van der Waals surface area contributed by atoms with Gasteiger partial charge in [-0.2, -0.15) is 0 Å². The smallest absolute Gasteiger partial charge is 0.253 e. The molecule has 1 heterocycles. The van der Waals surface area contributed by atoms with E-state index in [1.807, 2.05) is 32.9 Å². The molecule has 0 saturated heterocycles. The lowest BCUT2D eigenvalue weighted by atomic mass is 9.97. The Morgan fingerprint density at radius 3 is 2.50 bits per heavy atom. The van der Waals surface area contributed by atoms with Gasteiger partial charge in [0.15, 0.2) is 0 Å². The number of carbonyl (C=O) groups excluding carboxylic acids is 1. The molecule has 0 spiro atoms. The zero-order valence-corrected chi connectivity index (χ0v) is 16.1. The van der Waals surface area contributed by atoms with E-state index < -0.39 is 12.1 Å². The second-order valence-electron chi connectivity index (χ2n) is 7.47. The van der Waals surface area contributed by atoms with Gasteiger partial charge in [-0.05, 0) is 57.0 Å². The summed E-state index contributed by atoms with van der Waals surface area (Å²) in [6.07, 6.45) is 1.51. The molecule has 1 amide bonds. The lowest BCUT2D eigenvalue weighted by molar-refractivity contribution is 0.0916. The van der Waals surface area contributed by atoms with Crippen molar-refractivity contribution in [2.75, 3.05) is 0 Å². The van der Waals surface area contributed by atoms with Crippen molar-refractivity contribution in [1.82, 2.24) is 10.3 Å². The predicted octanol–water partition coefficient (Wildman–Crippen LogP) is 2.74. The van der Waals surface area contributed by atoms with Crippen molar-refractivity contribution in [2.45, 2.75) is 51.3 Å². The SMILES string of the molecule is CC(C)(C)NC(=O)c1cccnc1CC(O)C(N)Cc1ccc(Cl)cc1. The fraction of sp³-hybridized carbons (Fsp3) is 0.400. The van der Waals surface area contributed by atoms with E-state index >= 15 is 0 Å². The Kier molecular flexibility index (Phi) is 6.75. The first-order valence-electron chi connectivity index (χ1n) is 8.60. The highest BCUT2D eigenvalue weighted by Gasteiger charge is 2.22. The number of nitrogens with zero attached hydrogens (tertiary/aromatic N) is 1. The molecule has 2 rings (SSSR count). The van der Waals surface area contributed by atoms with Crippen LogP contribution in [0.15, 0.2) is 42.6 Å². The lowest BCUT2D eigenvalue weighted by Gasteiger charge is -2.23. The normalized spacial score (nSPS) is 13.9. The number of rotatable bonds is 6. The summed E-state index contributed by atoms with van der Waals surface area (Å²) in [6, 6.07) is 10.3. The summed E-state index contributed by atoms with van der Waals surface area (Å²) in [7, 11) is 0. The number of benzene rings is 1. The average Bonchev–Trinajstić information content (AvgIpc) is 2.55. The average molecular weight is 376 g/mol. The maximum Gasteiger partial charge on any atom is 0.253 e. The van der Waals surface area contributed by atoms with Crippen molar-refractivity contribution < 1.29 is 9.90 Å². The van der Waals surface area contributed by atoms with Crippen LogP contribution >= 0.6 is 11.6 Å². The number of aromatic nitrogens is 1. The summed E-state index contributed by atoms with van der Waals surface area (Å²) in [6.45, 7) is 5.74. The molecule has 2 unspecified atom stereocenters. The fourth-order valence-corrected chi connectivity index (χ4v) is 2.72. The van der Waals surface area contributed by atoms with Crippen LogP contribution < -0.4 is 11.1 Å². The second-order valence-corrected chi connectivity index (χ2v) is 7.90. The van der Waals surface area contributed by atoms with Crippen LogP contribution in [0, 0.1) is 0 Å². The molecule has 0 aliphatic rings. The molecule has 6 heteroatoms. The van der Waals surface area contributed by atoms with E-state index in [2.05, 4.69) is 10.3 Å². The van der Waals surface area contributed by atoms with Crippen LogP contribution in [-0.4, -0.2) is 33.7 Å². The van der Waals surface area contributed by atoms with E-state index in [1.54, 1.807) is 30.5 Å². The Hall–Kier alpha value is -1.95. The lowest BCUT2D eigenvalue weighted by Crippen LogP contribution is -2.42. The van der Waals surface area contributed by atoms with Gasteiger partial charge in [0.2, 0.25) is 0 Å². The van der Waals surface area contributed by atoms with Crippen molar-refractivity contribution >= 4 is 17.5 Å². The Morgan fingerprint density at radius 1 is 1.23 bits per heavy atom. The van der Waals surface area contributed by atoms with Crippen LogP contribution in [0.25, 0.3) is 0 Å². The molecular formula is C20H26ClN3O2. The Bertz CT molecular complexity index is 741. The van der Waals surface area contributed by atoms with E-state index in [9.17, 15) is 9.90 Å². The Labute approximate surface area is 159 Å². The van der Waals surface area contributed by atoms with Gasteiger partial charge in [0.25, 0.3) is 5.91 Å². The monoisotopic (exact) mass is 375 g/mol. The number of nitrogens with one attached hydrogen (secondary N) is 1. The summed E-state index contributed by atoms with van der Waals surface area (Å²) in [5.41, 5.74) is 7.79. The molecule has 2 aromatic rings. The van der Waals surface area contributed by atoms with Crippen molar-refractivity contribution in [3.8, 4) is 0 Å². The maximum absolute atomic E-state index is 12.5. The first-order valence-corrected chi connectivity index (χ1v) is 8.98. The number of hydrogen-bond donors (Lipinski definition) is 3. The topological polar surface area (TPSA) is 88.2 Å². The molecule has 0 fully saturated rings. The van der Waals surface area contributed by atoms with Gasteiger partial charge in [0.1, 0.15) is 0 Å². The number of aliphatic hydroxyl groups excluding tert-OH is 1. The third kappa shape index (κ3) is 6.09. The molecular weight excluding hydrogens is 350 g/mol. The predicted molar refractivity (Wildman–Crippen MR) is 104 cm³/mol. The molecule has 0 aliphatic carbocycles. The molecule has 2 atom stereocenters. The minimum Gasteiger partial charge on any atom is -0.391 e. The van der Waals surface area contributed by atoms with Gasteiger partial charge in [-0.1, -0.05) is 23.7 Å². The van der Waals surface area contributed by atoms with E-state index in [1.165, 1.54) is 0 Å². The van der Waals surface area contributed by atoms with Gasteiger partial charge >= 0.3 is 0 Å². The number of aliphatic hydroxyl groups is 1. The molecule has 0 saturated carbocycles. The number of pyridine rings is 1. The second kappa shape index (κ2) is 8.62. The Balaban J connectivity index is 2.07. The van der Waals surface area contributed by atoms with Crippen LogP contribution in [0.4, 0.5) is 0 Å². The van der Waals surface area contributed by atoms with Crippen LogP contribution in [0.2, 0.25) is 5.02 Å². The van der Waals surface area contributed by atoms with E-state index in [-0.39, 0.29) is 17.9 Å². The molecule has 1 aromatic heterocycles. The summed E-state index contributed by atoms with van der Waals surface area (Å²) >= 11 is 5.88. The van der Waals surface area contributed by atoms with Crippen molar-refractivity contribution in [2.24, 2.45) is 5.73 Å². The Morgan fingerprint density at radius 2 is 1.88 bits per heavy atom. The van der Waals surface area contributed by atoms with E-state index in [0.717, 1.165) is 5.56 Å². The number of nitrogens with two attached hydrogens (primary N) is 1. The van der Waals surface area contributed by atoms with Gasteiger partial charge in [-0.3, -0.25) is 9.78 Å². The van der Waals surface area contributed by atoms with Crippen LogP contribution in [-0.2, 0) is 12.8 Å².